The predicted octanol–water partition coefficient (Wildman–Crippen LogP) is 4.69. The molecule has 0 aliphatic carbocycles. The van der Waals surface area contributed by atoms with Gasteiger partial charge in [0.2, 0.25) is 5.91 Å². The second-order valence-electron chi connectivity index (χ2n) is 6.29. The Kier molecular flexibility index (Phi) is 8.20. The molecule has 0 fully saturated rings. The van der Waals surface area contributed by atoms with Crippen LogP contribution in [0.3, 0.4) is 0 Å². The summed E-state index contributed by atoms with van der Waals surface area (Å²) in [6.07, 6.45) is 2.13. The molecule has 2 atom stereocenters. The normalized spacial score (nSPS) is 12.7. The molecule has 0 saturated heterocycles. The number of alkyl carbamates (subject to hydrolysis) is 1. The van der Waals surface area contributed by atoms with Crippen molar-refractivity contribution in [2.75, 3.05) is 11.6 Å². The number of thioether (sulfide) groups is 1. The summed E-state index contributed by atoms with van der Waals surface area (Å²) in [4.78, 5) is 26.0. The minimum absolute atomic E-state index is 0.0296. The molecule has 0 spiro atoms. The van der Waals surface area contributed by atoms with Crippen LogP contribution in [0.5, 0.6) is 0 Å². The molecule has 0 aromatic heterocycles. The van der Waals surface area contributed by atoms with E-state index in [9.17, 15) is 9.59 Å². The average molecular weight is 387 g/mol. The first kappa shape index (κ1) is 20.8. The third-order valence-corrected chi connectivity index (χ3v) is 5.04. The first-order chi connectivity index (χ1) is 13.0. The molecule has 27 heavy (non-hydrogen) atoms. The van der Waals surface area contributed by atoms with Crippen LogP contribution >= 0.6 is 11.8 Å². The van der Waals surface area contributed by atoms with Crippen molar-refractivity contribution in [2.24, 2.45) is 5.92 Å². The lowest BCUT2D eigenvalue weighted by atomic mass is 9.98. The number of ether oxygens (including phenoxy) is 1. The maximum absolute atomic E-state index is 12.7. The summed E-state index contributed by atoms with van der Waals surface area (Å²) in [6.45, 7) is 4.08. The quantitative estimate of drug-likeness (QED) is 0.646. The zero-order valence-corrected chi connectivity index (χ0v) is 16.7. The van der Waals surface area contributed by atoms with E-state index in [-0.39, 0.29) is 18.4 Å². The number of nitrogens with one attached hydrogen (secondary N) is 2. The molecule has 0 saturated carbocycles. The zero-order valence-electron chi connectivity index (χ0n) is 15.9. The summed E-state index contributed by atoms with van der Waals surface area (Å²) in [5, 5.41) is 5.60. The van der Waals surface area contributed by atoms with E-state index in [1.807, 2.05) is 74.7 Å². The summed E-state index contributed by atoms with van der Waals surface area (Å²) < 4.78 is 5.26. The number of amides is 2. The minimum Gasteiger partial charge on any atom is -0.445 e. The van der Waals surface area contributed by atoms with Crippen molar-refractivity contribution in [3.8, 4) is 0 Å². The maximum Gasteiger partial charge on any atom is 0.408 e. The van der Waals surface area contributed by atoms with Gasteiger partial charge in [-0.25, -0.2) is 4.79 Å². The second kappa shape index (κ2) is 10.6. The van der Waals surface area contributed by atoms with Gasteiger partial charge in [0.1, 0.15) is 12.6 Å². The predicted molar refractivity (Wildman–Crippen MR) is 110 cm³/mol. The van der Waals surface area contributed by atoms with Crippen LogP contribution in [0, 0.1) is 5.92 Å². The van der Waals surface area contributed by atoms with Crippen LogP contribution in [0.2, 0.25) is 0 Å². The Labute approximate surface area is 164 Å². The van der Waals surface area contributed by atoms with Crippen LogP contribution < -0.4 is 10.6 Å². The van der Waals surface area contributed by atoms with Crippen LogP contribution in [0.25, 0.3) is 0 Å². The van der Waals surface area contributed by atoms with Gasteiger partial charge in [-0.2, -0.15) is 0 Å². The standard InChI is InChI=1S/C21H26N2O3S/c1-4-15(2)19(20(24)22-17-11-8-12-18(13-17)27-3)23-21(25)26-14-16-9-6-5-7-10-16/h5-13,15,19H,4,14H2,1-3H3,(H,22,24)(H,23,25)/t15-,19-/m0/s1. The molecule has 5 nitrogen and oxygen atoms in total. The van der Waals surface area contributed by atoms with Gasteiger partial charge in [-0.05, 0) is 35.9 Å². The van der Waals surface area contributed by atoms with Gasteiger partial charge in [0.15, 0.2) is 0 Å². The summed E-state index contributed by atoms with van der Waals surface area (Å²) in [7, 11) is 0. The van der Waals surface area contributed by atoms with Gasteiger partial charge in [0.25, 0.3) is 0 Å². The lowest BCUT2D eigenvalue weighted by Gasteiger charge is -2.23. The molecule has 0 radical (unpaired) electrons. The number of anilines is 1. The van der Waals surface area contributed by atoms with Crippen molar-refractivity contribution in [3.05, 3.63) is 60.2 Å². The highest BCUT2D eigenvalue weighted by atomic mass is 32.2. The Balaban J connectivity index is 1.98. The Morgan fingerprint density at radius 2 is 1.85 bits per heavy atom. The van der Waals surface area contributed by atoms with E-state index in [4.69, 9.17) is 4.74 Å². The fourth-order valence-electron chi connectivity index (χ4n) is 2.51. The monoisotopic (exact) mass is 386 g/mol. The third kappa shape index (κ3) is 6.64. The van der Waals surface area contributed by atoms with Crippen molar-refractivity contribution < 1.29 is 14.3 Å². The molecule has 2 amide bonds. The molecular weight excluding hydrogens is 360 g/mol. The van der Waals surface area contributed by atoms with Gasteiger partial charge < -0.3 is 15.4 Å². The summed E-state index contributed by atoms with van der Waals surface area (Å²) >= 11 is 1.60. The van der Waals surface area contributed by atoms with Gasteiger partial charge in [0, 0.05) is 10.6 Å². The van der Waals surface area contributed by atoms with E-state index < -0.39 is 12.1 Å². The molecule has 0 aliphatic rings. The first-order valence-electron chi connectivity index (χ1n) is 8.95. The van der Waals surface area contributed by atoms with Gasteiger partial charge in [-0.1, -0.05) is 56.7 Å². The van der Waals surface area contributed by atoms with Gasteiger partial charge in [0.05, 0.1) is 0 Å². The number of hydrogen-bond donors (Lipinski definition) is 2. The Morgan fingerprint density at radius 1 is 1.11 bits per heavy atom. The third-order valence-electron chi connectivity index (χ3n) is 4.32. The lowest BCUT2D eigenvalue weighted by molar-refractivity contribution is -0.119. The van der Waals surface area contributed by atoms with Crippen LogP contribution in [0.15, 0.2) is 59.5 Å². The van der Waals surface area contributed by atoms with Crippen LogP contribution in [0.4, 0.5) is 10.5 Å². The largest absolute Gasteiger partial charge is 0.445 e. The highest BCUT2D eigenvalue weighted by Gasteiger charge is 2.26. The highest BCUT2D eigenvalue weighted by molar-refractivity contribution is 7.98. The van der Waals surface area contributed by atoms with Gasteiger partial charge >= 0.3 is 6.09 Å². The molecule has 2 aromatic carbocycles. The summed E-state index contributed by atoms with van der Waals surface area (Å²) in [5.41, 5.74) is 1.60. The van der Waals surface area contributed by atoms with Crippen molar-refractivity contribution in [3.63, 3.8) is 0 Å². The zero-order chi connectivity index (χ0) is 19.6. The molecule has 0 heterocycles. The van der Waals surface area contributed by atoms with E-state index >= 15 is 0 Å². The number of benzene rings is 2. The van der Waals surface area contributed by atoms with E-state index in [1.165, 1.54) is 0 Å². The molecular formula is C21H26N2O3S. The van der Waals surface area contributed by atoms with E-state index in [0.29, 0.717) is 5.69 Å². The minimum atomic E-state index is -0.670. The molecule has 2 N–H and O–H groups in total. The Morgan fingerprint density at radius 3 is 2.52 bits per heavy atom. The topological polar surface area (TPSA) is 67.4 Å². The average Bonchev–Trinajstić information content (AvgIpc) is 2.70. The van der Waals surface area contributed by atoms with Crippen molar-refractivity contribution in [1.82, 2.24) is 5.32 Å². The molecule has 144 valence electrons. The van der Waals surface area contributed by atoms with Crippen LogP contribution in [-0.2, 0) is 16.1 Å². The van der Waals surface area contributed by atoms with Crippen molar-refractivity contribution >= 4 is 29.4 Å². The molecule has 2 rings (SSSR count). The molecule has 0 aliphatic heterocycles. The summed E-state index contributed by atoms with van der Waals surface area (Å²) in [6, 6.07) is 16.4. The lowest BCUT2D eigenvalue weighted by Crippen LogP contribution is -2.47. The first-order valence-corrected chi connectivity index (χ1v) is 10.2. The molecule has 0 unspecified atom stereocenters. The highest BCUT2D eigenvalue weighted by Crippen LogP contribution is 2.20. The molecule has 6 heteroatoms. The van der Waals surface area contributed by atoms with E-state index in [0.717, 1.165) is 16.9 Å². The van der Waals surface area contributed by atoms with Crippen LogP contribution in [0.1, 0.15) is 25.8 Å². The number of carbonyl (C=O) groups excluding carboxylic acids is 2. The molecule has 0 bridgehead atoms. The number of hydrogen-bond acceptors (Lipinski definition) is 4. The van der Waals surface area contributed by atoms with Crippen molar-refractivity contribution in [2.45, 2.75) is 37.8 Å². The number of carbonyl (C=O) groups is 2. The number of rotatable bonds is 8. The fraction of sp³-hybridized carbons (Fsp3) is 0.333. The SMILES string of the molecule is CC[C@H](C)[C@H](NC(=O)OCc1ccccc1)C(=O)Nc1cccc(SC)c1. The van der Waals surface area contributed by atoms with Gasteiger partial charge in [-0.3, -0.25) is 4.79 Å². The fourth-order valence-corrected chi connectivity index (χ4v) is 2.97. The smallest absolute Gasteiger partial charge is 0.408 e. The van der Waals surface area contributed by atoms with E-state index in [1.54, 1.807) is 11.8 Å². The van der Waals surface area contributed by atoms with Gasteiger partial charge in [-0.15, -0.1) is 11.8 Å². The Bertz CT molecular complexity index is 752. The molecule has 2 aromatic rings. The Hall–Kier alpha value is -2.47. The van der Waals surface area contributed by atoms with Crippen molar-refractivity contribution in [1.29, 1.82) is 0 Å². The maximum atomic E-state index is 12.7. The second-order valence-corrected chi connectivity index (χ2v) is 7.17. The van der Waals surface area contributed by atoms with E-state index in [2.05, 4.69) is 10.6 Å². The summed E-state index contributed by atoms with van der Waals surface area (Å²) in [5.74, 6) is -0.280. The van der Waals surface area contributed by atoms with Crippen LogP contribution in [-0.4, -0.2) is 24.3 Å².